The van der Waals surface area contributed by atoms with Gasteiger partial charge in [-0.1, -0.05) is 6.42 Å². The van der Waals surface area contributed by atoms with Crippen LogP contribution < -0.4 is 24.8 Å². The minimum Gasteiger partial charge on any atom is -1.00 e. The predicted octanol–water partition coefficient (Wildman–Crippen LogP) is -2.10. The van der Waals surface area contributed by atoms with Crippen LogP contribution in [-0.2, 0) is 21.7 Å². The molecule has 1 fully saturated rings. The summed E-state index contributed by atoms with van der Waals surface area (Å²) in [6.07, 6.45) is 13.0. The van der Waals surface area contributed by atoms with Crippen molar-refractivity contribution in [2.75, 3.05) is 0 Å². The Kier molecular flexibility index (Phi) is 12.6. The molecule has 0 heterocycles. The van der Waals surface area contributed by atoms with E-state index in [1.165, 1.54) is 19.3 Å². The molecule has 3 rings (SSSR count). The maximum Gasteiger partial charge on any atom is 4.00 e. The zero-order valence-corrected chi connectivity index (χ0v) is 12.7. The topological polar surface area (TPSA) is 0 Å². The first-order valence-electron chi connectivity index (χ1n) is 5.33. The molecule has 90 valence electrons. The van der Waals surface area contributed by atoms with Gasteiger partial charge in [-0.2, -0.15) is 18.2 Å². The van der Waals surface area contributed by atoms with Gasteiger partial charge in [-0.15, -0.1) is 18.6 Å². The summed E-state index contributed by atoms with van der Waals surface area (Å²) in [5.74, 6) is 0.884. The third-order valence-electron chi connectivity index (χ3n) is 2.77. The van der Waals surface area contributed by atoms with Crippen LogP contribution in [0.4, 0.5) is 0 Å². The van der Waals surface area contributed by atoms with Gasteiger partial charge >= 0.3 is 21.7 Å². The van der Waals surface area contributed by atoms with E-state index < -0.39 is 0 Å². The van der Waals surface area contributed by atoms with Crippen LogP contribution in [0.3, 0.4) is 0 Å². The minimum absolute atomic E-state index is 0. The third-order valence-corrected chi connectivity index (χ3v) is 2.77. The van der Waals surface area contributed by atoms with Crippen LogP contribution in [0, 0.1) is 12.3 Å². The molecule has 1 aromatic rings. The molecule has 0 N–H and O–H groups in total. The van der Waals surface area contributed by atoms with E-state index in [1.54, 1.807) is 5.57 Å². The van der Waals surface area contributed by atoms with E-state index in [0.29, 0.717) is 0 Å². The van der Waals surface area contributed by atoms with Crippen LogP contribution >= 0.6 is 0 Å². The molecule has 1 atom stereocenters. The first-order chi connectivity index (χ1) is 6.97. The Hall–Kier alpha value is -0.00571. The Labute approximate surface area is 132 Å². The fourth-order valence-corrected chi connectivity index (χ4v) is 1.99. The van der Waals surface area contributed by atoms with E-state index in [1.807, 2.05) is 30.3 Å². The van der Waals surface area contributed by atoms with Gasteiger partial charge in [0.2, 0.25) is 0 Å². The molecule has 2 aliphatic carbocycles. The molecule has 1 aromatic carbocycles. The summed E-state index contributed by atoms with van der Waals surface area (Å²) in [6.45, 7) is 0. The molecule has 2 aliphatic rings. The second kappa shape index (κ2) is 11.1. The molecule has 17 heavy (non-hydrogen) atoms. The molecule has 0 amide bonds. The fourth-order valence-electron chi connectivity index (χ4n) is 1.99. The summed E-state index contributed by atoms with van der Waals surface area (Å²) in [5.41, 5.74) is 1.58. The van der Waals surface area contributed by atoms with Gasteiger partial charge in [-0.3, -0.25) is 0 Å². The Balaban J connectivity index is 0. The Morgan fingerprint density at radius 1 is 1.12 bits per heavy atom. The third kappa shape index (κ3) is 6.48. The fraction of sp³-hybridized carbons (Fsp3) is 0.286. The van der Waals surface area contributed by atoms with Gasteiger partial charge in [-0.25, -0.2) is 30.2 Å². The summed E-state index contributed by atoms with van der Waals surface area (Å²) in [7, 11) is 0. The Morgan fingerprint density at radius 3 is 2.35 bits per heavy atom. The molecule has 0 nitrogen and oxygen atoms in total. The average Bonchev–Trinajstić information content (AvgIpc) is 2.92. The minimum atomic E-state index is 0. The Morgan fingerprint density at radius 2 is 1.82 bits per heavy atom. The average molecular weight is 303 g/mol. The van der Waals surface area contributed by atoms with Crippen molar-refractivity contribution in [2.24, 2.45) is 5.92 Å². The first kappa shape index (κ1) is 19.3. The maximum absolute atomic E-state index is 2.37. The summed E-state index contributed by atoms with van der Waals surface area (Å²) in [4.78, 5) is 0. The summed E-state index contributed by atoms with van der Waals surface area (Å²) >= 11 is 0. The van der Waals surface area contributed by atoms with Gasteiger partial charge in [0.25, 0.3) is 0 Å². The van der Waals surface area contributed by atoms with Crippen molar-refractivity contribution in [2.45, 2.75) is 19.3 Å². The van der Waals surface area contributed by atoms with Crippen LogP contribution in [-0.4, -0.2) is 0 Å². The second-order valence-electron chi connectivity index (χ2n) is 3.77. The second-order valence-corrected chi connectivity index (χ2v) is 3.77. The van der Waals surface area contributed by atoms with Crippen molar-refractivity contribution < 1.29 is 46.5 Å². The van der Waals surface area contributed by atoms with Crippen molar-refractivity contribution in [3.8, 4) is 0 Å². The van der Waals surface area contributed by atoms with Crippen molar-refractivity contribution in [1.82, 2.24) is 0 Å². The molecule has 0 saturated heterocycles. The molecule has 0 spiro atoms. The smallest absolute Gasteiger partial charge is 1.00 e. The van der Waals surface area contributed by atoms with Crippen LogP contribution in [0.1, 0.15) is 19.3 Å². The van der Waals surface area contributed by atoms with E-state index in [2.05, 4.69) is 24.6 Å². The normalized spacial score (nSPS) is 18.8. The van der Waals surface area contributed by atoms with E-state index >= 15 is 0 Å². The number of fused-ring (bicyclic) bond motifs is 1. The summed E-state index contributed by atoms with van der Waals surface area (Å²) < 4.78 is 0. The van der Waals surface area contributed by atoms with E-state index in [4.69, 9.17) is 0 Å². The molecule has 0 aromatic heterocycles. The molecular weight excluding hydrogens is 287 g/mol. The van der Waals surface area contributed by atoms with Gasteiger partial charge in [0.15, 0.2) is 0 Å². The van der Waals surface area contributed by atoms with Gasteiger partial charge in [-0.05, 0) is 12.3 Å². The summed E-state index contributed by atoms with van der Waals surface area (Å²) in [6, 6.07) is 10.0. The number of halogens is 2. The predicted molar refractivity (Wildman–Crippen MR) is 60.9 cm³/mol. The number of hydrogen-bond acceptors (Lipinski definition) is 0. The van der Waals surface area contributed by atoms with Crippen molar-refractivity contribution in [3.63, 3.8) is 0 Å². The van der Waals surface area contributed by atoms with Crippen molar-refractivity contribution >= 4 is 0 Å². The molecular formula is C14H16Cl2Ti. The first-order valence-corrected chi connectivity index (χ1v) is 5.33. The number of rotatable bonds is 0. The zero-order chi connectivity index (χ0) is 9.64. The maximum atomic E-state index is 2.37. The van der Waals surface area contributed by atoms with E-state index in [9.17, 15) is 0 Å². The van der Waals surface area contributed by atoms with Crippen LogP contribution in [0.5, 0.6) is 0 Å². The van der Waals surface area contributed by atoms with Crippen LogP contribution in [0.25, 0.3) is 0 Å². The number of hydrogen-bond donors (Lipinski definition) is 0. The molecule has 1 saturated carbocycles. The van der Waals surface area contributed by atoms with E-state index in [0.717, 1.165) is 5.92 Å². The summed E-state index contributed by atoms with van der Waals surface area (Å²) in [5, 5.41) is 0. The van der Waals surface area contributed by atoms with Crippen LogP contribution in [0.15, 0.2) is 54.1 Å². The quantitative estimate of drug-likeness (QED) is 0.380. The SMILES string of the molecule is C1=CCC2CC[CH-]C2=C1.[Cl-].[Cl-].[Ti+4].c1cc[cH-]c1. The van der Waals surface area contributed by atoms with Gasteiger partial charge in [0.05, 0.1) is 0 Å². The standard InChI is InChI=1S/C9H11.C5H5.2ClH.Ti/c1-2-5-9-7-3-6-8(9)4-1;1-2-4-5-3-1;;;/h1-2,4,6,9H,3,5,7H2;1-5H;2*1H;/q2*-1;;;+4/p-2. The van der Waals surface area contributed by atoms with Gasteiger partial charge in [0, 0.05) is 0 Å². The van der Waals surface area contributed by atoms with Crippen molar-refractivity contribution in [3.05, 3.63) is 60.6 Å². The zero-order valence-electron chi connectivity index (χ0n) is 9.65. The Bertz CT molecular complexity index is 298. The van der Waals surface area contributed by atoms with Gasteiger partial charge < -0.3 is 24.8 Å². The molecule has 0 radical (unpaired) electrons. The monoisotopic (exact) mass is 302 g/mol. The van der Waals surface area contributed by atoms with Gasteiger partial charge in [0.1, 0.15) is 0 Å². The molecule has 0 bridgehead atoms. The number of allylic oxidation sites excluding steroid dienone is 4. The molecule has 0 aliphatic heterocycles. The van der Waals surface area contributed by atoms with E-state index in [-0.39, 0.29) is 46.5 Å². The largest absolute Gasteiger partial charge is 4.00 e. The van der Waals surface area contributed by atoms with Crippen molar-refractivity contribution in [1.29, 1.82) is 0 Å². The van der Waals surface area contributed by atoms with Crippen LogP contribution in [0.2, 0.25) is 0 Å². The molecule has 3 heteroatoms. The molecule has 1 unspecified atom stereocenters.